The molecule has 0 spiro atoms. The van der Waals surface area contributed by atoms with E-state index in [9.17, 15) is 0 Å². The third-order valence-electron chi connectivity index (χ3n) is 4.29. The Morgan fingerprint density at radius 3 is 2.48 bits per heavy atom. The zero-order chi connectivity index (χ0) is 16.2. The molecule has 0 unspecified atom stereocenters. The predicted molar refractivity (Wildman–Crippen MR) is 97.3 cm³/mol. The minimum absolute atomic E-state index is 0.503. The van der Waals surface area contributed by atoms with Gasteiger partial charge in [-0.25, -0.2) is 0 Å². The molecule has 3 aromatic rings. The maximum Gasteiger partial charge on any atom is 0.135 e. The summed E-state index contributed by atoms with van der Waals surface area (Å²) in [5, 5.41) is 2.34. The molecule has 0 radical (unpaired) electrons. The lowest BCUT2D eigenvalue weighted by Crippen LogP contribution is -2.26. The lowest BCUT2D eigenvalue weighted by molar-refractivity contribution is 0.312. The lowest BCUT2D eigenvalue weighted by Gasteiger charge is -2.20. The minimum Gasteiger partial charge on any atom is -0.457 e. The van der Waals surface area contributed by atoms with Crippen LogP contribution in [-0.4, -0.2) is 25.0 Å². The molecule has 0 fully saturated rings. The fraction of sp³-hybridized carbons (Fsp3) is 0.238. The van der Waals surface area contributed by atoms with Gasteiger partial charge in [0.25, 0.3) is 0 Å². The molecule has 0 saturated heterocycles. The van der Waals surface area contributed by atoms with Crippen molar-refractivity contribution in [2.45, 2.75) is 19.4 Å². The molecule has 0 saturated carbocycles. The van der Waals surface area contributed by atoms with Crippen LogP contribution in [0.2, 0.25) is 0 Å². The summed E-state index contributed by atoms with van der Waals surface area (Å²) >= 11 is 0. The molecule has 23 heavy (non-hydrogen) atoms. The van der Waals surface area contributed by atoms with Gasteiger partial charge in [-0.1, -0.05) is 48.5 Å². The number of nitrogens with zero attached hydrogens (tertiary/aromatic N) is 1. The second-order valence-electron chi connectivity index (χ2n) is 6.24. The van der Waals surface area contributed by atoms with Crippen LogP contribution >= 0.6 is 0 Å². The summed E-state index contributed by atoms with van der Waals surface area (Å²) in [5.74, 6) is 1.80. The summed E-state index contributed by atoms with van der Waals surface area (Å²) in [7, 11) is 4.22. The number of rotatable bonds is 5. The van der Waals surface area contributed by atoms with Crippen molar-refractivity contribution in [2.75, 3.05) is 14.1 Å². The number of ether oxygens (including phenoxy) is 1. The summed E-state index contributed by atoms with van der Waals surface area (Å²) < 4.78 is 6.16. The van der Waals surface area contributed by atoms with Crippen molar-refractivity contribution in [3.63, 3.8) is 0 Å². The molecule has 0 aliphatic carbocycles. The Morgan fingerprint density at radius 2 is 1.65 bits per heavy atom. The highest BCUT2D eigenvalue weighted by Crippen LogP contribution is 2.30. The summed E-state index contributed by atoms with van der Waals surface area (Å²) in [5.41, 5.74) is 1.30. The van der Waals surface area contributed by atoms with Crippen molar-refractivity contribution in [1.82, 2.24) is 4.90 Å². The molecule has 1 atom stereocenters. The Kier molecular flexibility index (Phi) is 4.63. The monoisotopic (exact) mass is 305 g/mol. The van der Waals surface area contributed by atoms with Crippen molar-refractivity contribution < 1.29 is 4.74 Å². The maximum atomic E-state index is 6.16. The van der Waals surface area contributed by atoms with Gasteiger partial charge in [0, 0.05) is 11.4 Å². The topological polar surface area (TPSA) is 12.5 Å². The van der Waals surface area contributed by atoms with Crippen LogP contribution in [0.5, 0.6) is 11.5 Å². The zero-order valence-corrected chi connectivity index (χ0v) is 14.0. The first-order valence-corrected chi connectivity index (χ1v) is 8.04. The van der Waals surface area contributed by atoms with Gasteiger partial charge in [0.15, 0.2) is 0 Å². The van der Waals surface area contributed by atoms with E-state index in [-0.39, 0.29) is 0 Å². The number of likely N-dealkylation sites (N-methyl/N-ethyl adjacent to an activating group) is 1. The van der Waals surface area contributed by atoms with Crippen molar-refractivity contribution in [2.24, 2.45) is 0 Å². The van der Waals surface area contributed by atoms with E-state index in [1.54, 1.807) is 0 Å². The fourth-order valence-corrected chi connectivity index (χ4v) is 2.67. The van der Waals surface area contributed by atoms with Crippen LogP contribution in [0, 0.1) is 0 Å². The third kappa shape index (κ3) is 3.72. The van der Waals surface area contributed by atoms with Gasteiger partial charge >= 0.3 is 0 Å². The van der Waals surface area contributed by atoms with E-state index in [1.807, 2.05) is 24.3 Å². The average Bonchev–Trinajstić information content (AvgIpc) is 2.55. The number of hydrogen-bond acceptors (Lipinski definition) is 2. The molecule has 0 heterocycles. The van der Waals surface area contributed by atoms with Crippen LogP contribution in [0.4, 0.5) is 0 Å². The molecule has 118 valence electrons. The van der Waals surface area contributed by atoms with Crippen LogP contribution in [0.1, 0.15) is 12.5 Å². The smallest absolute Gasteiger partial charge is 0.135 e. The van der Waals surface area contributed by atoms with Crippen LogP contribution in [-0.2, 0) is 6.42 Å². The van der Waals surface area contributed by atoms with Crippen molar-refractivity contribution in [3.05, 3.63) is 72.3 Å². The predicted octanol–water partition coefficient (Wildman–Crippen LogP) is 5.12. The van der Waals surface area contributed by atoms with Gasteiger partial charge in [0.05, 0.1) is 0 Å². The van der Waals surface area contributed by atoms with E-state index in [4.69, 9.17) is 4.74 Å². The molecular weight excluding hydrogens is 282 g/mol. The zero-order valence-electron chi connectivity index (χ0n) is 14.0. The van der Waals surface area contributed by atoms with E-state index in [0.717, 1.165) is 23.3 Å². The van der Waals surface area contributed by atoms with Gasteiger partial charge in [0.2, 0.25) is 0 Å². The average molecular weight is 305 g/mol. The van der Waals surface area contributed by atoms with E-state index < -0.39 is 0 Å². The number of hydrogen-bond donors (Lipinski definition) is 0. The van der Waals surface area contributed by atoms with Crippen LogP contribution in [0.3, 0.4) is 0 Å². The molecule has 0 N–H and O–H groups in total. The molecule has 2 heteroatoms. The summed E-state index contributed by atoms with van der Waals surface area (Å²) in [6, 6.07) is 23.4. The Hall–Kier alpha value is -2.32. The van der Waals surface area contributed by atoms with Gasteiger partial charge in [-0.15, -0.1) is 0 Å². The number of benzene rings is 3. The van der Waals surface area contributed by atoms with E-state index in [1.165, 1.54) is 10.9 Å². The molecule has 3 aromatic carbocycles. The fourth-order valence-electron chi connectivity index (χ4n) is 2.67. The molecule has 0 aliphatic heterocycles. The van der Waals surface area contributed by atoms with Gasteiger partial charge in [0.1, 0.15) is 11.5 Å². The lowest BCUT2D eigenvalue weighted by atomic mass is 10.1. The maximum absolute atomic E-state index is 6.16. The molecule has 0 aromatic heterocycles. The quantitative estimate of drug-likeness (QED) is 0.648. The van der Waals surface area contributed by atoms with Gasteiger partial charge in [-0.3, -0.25) is 0 Å². The number of fused-ring (bicyclic) bond motifs is 1. The SMILES string of the molecule is C[C@@H](Cc1cccc(Oc2cccc3ccccc23)c1)N(C)C. The Labute approximate surface area is 138 Å². The van der Waals surface area contributed by atoms with Gasteiger partial charge in [-0.05, 0) is 56.6 Å². The largest absolute Gasteiger partial charge is 0.457 e. The van der Waals surface area contributed by atoms with Gasteiger partial charge in [-0.2, -0.15) is 0 Å². The highest BCUT2D eigenvalue weighted by atomic mass is 16.5. The molecule has 0 bridgehead atoms. The van der Waals surface area contributed by atoms with E-state index >= 15 is 0 Å². The molecular formula is C21H23NO. The van der Waals surface area contributed by atoms with E-state index in [0.29, 0.717) is 6.04 Å². The van der Waals surface area contributed by atoms with Gasteiger partial charge < -0.3 is 9.64 Å². The van der Waals surface area contributed by atoms with Crippen molar-refractivity contribution in [3.8, 4) is 11.5 Å². The standard InChI is InChI=1S/C21H23NO/c1-16(22(2)3)14-17-8-6-11-19(15-17)23-21-13-7-10-18-9-4-5-12-20(18)21/h4-13,15-16H,14H2,1-3H3/t16-/m0/s1. The summed E-state index contributed by atoms with van der Waals surface area (Å²) in [4.78, 5) is 2.23. The molecule has 2 nitrogen and oxygen atoms in total. The Bertz CT molecular complexity index is 789. The van der Waals surface area contributed by atoms with Crippen molar-refractivity contribution in [1.29, 1.82) is 0 Å². The van der Waals surface area contributed by atoms with E-state index in [2.05, 4.69) is 68.4 Å². The second-order valence-corrected chi connectivity index (χ2v) is 6.24. The molecule has 3 rings (SSSR count). The second kappa shape index (κ2) is 6.84. The normalized spacial score (nSPS) is 12.5. The first-order valence-electron chi connectivity index (χ1n) is 8.04. The molecule has 0 amide bonds. The van der Waals surface area contributed by atoms with Crippen LogP contribution < -0.4 is 4.74 Å². The third-order valence-corrected chi connectivity index (χ3v) is 4.29. The van der Waals surface area contributed by atoms with Crippen molar-refractivity contribution >= 4 is 10.8 Å². The summed E-state index contributed by atoms with van der Waals surface area (Å²) in [6.45, 7) is 2.23. The minimum atomic E-state index is 0.503. The molecule has 0 aliphatic rings. The highest BCUT2D eigenvalue weighted by molar-refractivity contribution is 5.88. The summed E-state index contributed by atoms with van der Waals surface area (Å²) in [6.07, 6.45) is 1.01. The Balaban J connectivity index is 1.85. The van der Waals surface area contributed by atoms with Crippen LogP contribution in [0.15, 0.2) is 66.7 Å². The highest BCUT2D eigenvalue weighted by Gasteiger charge is 2.08. The van der Waals surface area contributed by atoms with Crippen LogP contribution in [0.25, 0.3) is 10.8 Å². The Morgan fingerprint density at radius 1 is 0.913 bits per heavy atom. The first kappa shape index (κ1) is 15.6. The first-order chi connectivity index (χ1) is 11.1.